The van der Waals surface area contributed by atoms with Gasteiger partial charge in [-0.15, -0.1) is 11.3 Å². The molecule has 4 atom stereocenters. The number of hydrogen-bond donors (Lipinski definition) is 3. The summed E-state index contributed by atoms with van der Waals surface area (Å²) >= 11 is 3.40. The molecule has 0 saturated carbocycles. The Balaban J connectivity index is 1.19. The van der Waals surface area contributed by atoms with E-state index in [1.807, 2.05) is 84.9 Å². The lowest BCUT2D eigenvalue weighted by atomic mass is 9.91. The van der Waals surface area contributed by atoms with E-state index in [2.05, 4.69) is 29.7 Å². The lowest BCUT2D eigenvalue weighted by Crippen LogP contribution is -2.38. The number of esters is 1. The number of fused-ring (bicyclic) bond motifs is 1. The summed E-state index contributed by atoms with van der Waals surface area (Å²) in [6.45, 7) is 4.24. The molecule has 0 radical (unpaired) electrons. The minimum absolute atomic E-state index is 0.0126. The number of aliphatic hydroxyl groups excluding tert-OH is 1. The molecule has 0 bridgehead atoms. The molecule has 2 heterocycles. The predicted molar refractivity (Wildman–Crippen MR) is 192 cm³/mol. The predicted octanol–water partition coefficient (Wildman–Crippen LogP) is 7.40. The van der Waals surface area contributed by atoms with Gasteiger partial charge in [0.25, 0.3) is 0 Å². The second kappa shape index (κ2) is 16.4. The highest BCUT2D eigenvalue weighted by Gasteiger charge is 2.38. The van der Waals surface area contributed by atoms with E-state index < -0.39 is 18.3 Å². The molecule has 1 aromatic heterocycles. The van der Waals surface area contributed by atoms with Crippen LogP contribution in [-0.4, -0.2) is 47.1 Å². The van der Waals surface area contributed by atoms with Crippen molar-refractivity contribution in [2.45, 2.75) is 49.8 Å². The van der Waals surface area contributed by atoms with Crippen LogP contribution in [-0.2, 0) is 32.2 Å². The first kappa shape index (κ1) is 34.6. The highest BCUT2D eigenvalue weighted by atomic mass is 32.2. The van der Waals surface area contributed by atoms with Crippen molar-refractivity contribution in [2.75, 3.05) is 18.9 Å². The zero-order valence-corrected chi connectivity index (χ0v) is 29.0. The number of hydrogen-bond acceptors (Lipinski definition) is 9. The molecule has 49 heavy (non-hydrogen) atoms. The van der Waals surface area contributed by atoms with Crippen molar-refractivity contribution in [3.8, 4) is 11.1 Å². The Morgan fingerprint density at radius 2 is 1.67 bits per heavy atom. The van der Waals surface area contributed by atoms with E-state index in [4.69, 9.17) is 19.2 Å². The molecule has 5 aromatic rings. The molecule has 1 saturated heterocycles. The molecule has 1 aliphatic rings. The highest BCUT2D eigenvalue weighted by Crippen LogP contribution is 2.44. The molecule has 6 rings (SSSR count). The lowest BCUT2D eigenvalue weighted by Gasteiger charge is -2.41. The first-order valence-electron chi connectivity index (χ1n) is 16.3. The number of carbonyl (C=O) groups excluding carboxylic acids is 2. The number of rotatable bonds is 12. The van der Waals surface area contributed by atoms with Gasteiger partial charge in [-0.1, -0.05) is 91.5 Å². The SMILES string of the molecule is CCOC(=O)CNC(=O)NCc1cccc(-c2cccc([C@@H]3O[C@H](CSc4nc5ccccc5s4)[C@H](C)[C@H](c4ccc(CO)cc4)O3)c2)c1. The summed E-state index contributed by atoms with van der Waals surface area (Å²) in [5.74, 6) is 0.290. The third-order valence-electron chi connectivity index (χ3n) is 8.34. The summed E-state index contributed by atoms with van der Waals surface area (Å²) < 4.78 is 20.5. The fourth-order valence-electron chi connectivity index (χ4n) is 5.71. The van der Waals surface area contributed by atoms with Gasteiger partial charge in [-0.3, -0.25) is 4.79 Å². The van der Waals surface area contributed by atoms with Gasteiger partial charge in [0, 0.05) is 23.8 Å². The second-order valence-corrected chi connectivity index (χ2v) is 14.0. The number of urea groups is 1. The fourth-order valence-corrected chi connectivity index (χ4v) is 7.97. The summed E-state index contributed by atoms with van der Waals surface area (Å²) in [6.07, 6.45) is -0.945. The fraction of sp³-hybridized carbons (Fsp3) is 0.289. The highest BCUT2D eigenvalue weighted by molar-refractivity contribution is 8.01. The number of ether oxygens (including phenoxy) is 3. The Labute approximate surface area is 294 Å². The third kappa shape index (κ3) is 8.86. The van der Waals surface area contributed by atoms with Crippen LogP contribution in [0.25, 0.3) is 21.3 Å². The van der Waals surface area contributed by atoms with Gasteiger partial charge in [-0.2, -0.15) is 0 Å². The Bertz CT molecular complexity index is 1850. The average Bonchev–Trinajstić information content (AvgIpc) is 3.56. The van der Waals surface area contributed by atoms with Crippen LogP contribution in [0.15, 0.2) is 101 Å². The van der Waals surface area contributed by atoms with Crippen molar-refractivity contribution in [1.29, 1.82) is 0 Å². The van der Waals surface area contributed by atoms with Crippen molar-refractivity contribution < 1.29 is 28.9 Å². The Kier molecular flexibility index (Phi) is 11.6. The van der Waals surface area contributed by atoms with E-state index in [1.165, 1.54) is 4.70 Å². The summed E-state index contributed by atoms with van der Waals surface area (Å²) in [5, 5.41) is 14.9. The first-order chi connectivity index (χ1) is 23.9. The molecule has 4 aromatic carbocycles. The molecule has 11 heteroatoms. The quantitative estimate of drug-likeness (QED) is 0.0912. The zero-order chi connectivity index (χ0) is 34.2. The van der Waals surface area contributed by atoms with E-state index in [-0.39, 0.29) is 37.9 Å². The minimum atomic E-state index is -0.604. The molecule has 2 amide bonds. The van der Waals surface area contributed by atoms with Crippen LogP contribution in [0, 0.1) is 5.92 Å². The summed E-state index contributed by atoms with van der Waals surface area (Å²) in [4.78, 5) is 28.6. The second-order valence-electron chi connectivity index (χ2n) is 11.7. The van der Waals surface area contributed by atoms with E-state index in [0.29, 0.717) is 12.3 Å². The number of para-hydroxylation sites is 1. The molecular weight excluding hydrogens is 659 g/mol. The maximum atomic E-state index is 12.2. The summed E-state index contributed by atoms with van der Waals surface area (Å²) in [7, 11) is 0. The molecule has 1 aliphatic heterocycles. The Morgan fingerprint density at radius 1 is 0.898 bits per heavy atom. The number of nitrogens with zero attached hydrogens (tertiary/aromatic N) is 1. The van der Waals surface area contributed by atoms with E-state index in [1.54, 1.807) is 30.0 Å². The molecule has 0 aliphatic carbocycles. The third-order valence-corrected chi connectivity index (χ3v) is 10.6. The van der Waals surface area contributed by atoms with Crippen molar-refractivity contribution in [3.63, 3.8) is 0 Å². The van der Waals surface area contributed by atoms with Gasteiger partial charge in [-0.25, -0.2) is 9.78 Å². The average molecular weight is 698 g/mol. The van der Waals surface area contributed by atoms with Gasteiger partial charge >= 0.3 is 12.0 Å². The molecule has 0 spiro atoms. The van der Waals surface area contributed by atoms with Crippen molar-refractivity contribution in [1.82, 2.24) is 15.6 Å². The molecule has 9 nitrogen and oxygen atoms in total. The largest absolute Gasteiger partial charge is 0.465 e. The topological polar surface area (TPSA) is 119 Å². The van der Waals surface area contributed by atoms with E-state index >= 15 is 0 Å². The maximum Gasteiger partial charge on any atom is 0.325 e. The van der Waals surface area contributed by atoms with Crippen LogP contribution >= 0.6 is 23.1 Å². The normalized spacial score (nSPS) is 19.0. The lowest BCUT2D eigenvalue weighted by molar-refractivity contribution is -0.268. The molecule has 0 unspecified atom stereocenters. The maximum absolute atomic E-state index is 12.2. The molecular formula is C38H39N3O6S2. The Morgan fingerprint density at radius 3 is 2.45 bits per heavy atom. The number of thioether (sulfide) groups is 1. The number of thiazole rings is 1. The number of carbonyl (C=O) groups is 2. The van der Waals surface area contributed by atoms with Gasteiger partial charge in [0.15, 0.2) is 10.6 Å². The summed E-state index contributed by atoms with van der Waals surface area (Å²) in [5.41, 5.74) is 6.67. The number of aliphatic hydroxyl groups is 1. The smallest absolute Gasteiger partial charge is 0.325 e. The summed E-state index contributed by atoms with van der Waals surface area (Å²) in [6, 6.07) is 31.7. The molecule has 254 valence electrons. The van der Waals surface area contributed by atoms with Gasteiger partial charge in [0.05, 0.1) is 35.6 Å². The molecule has 3 N–H and O–H groups in total. The zero-order valence-electron chi connectivity index (χ0n) is 27.3. The van der Waals surface area contributed by atoms with Crippen molar-refractivity contribution in [3.05, 3.63) is 119 Å². The number of benzene rings is 4. The van der Waals surface area contributed by atoms with Crippen LogP contribution in [0.1, 0.15) is 48.5 Å². The van der Waals surface area contributed by atoms with Crippen LogP contribution in [0.2, 0.25) is 0 Å². The van der Waals surface area contributed by atoms with E-state index in [9.17, 15) is 14.7 Å². The monoisotopic (exact) mass is 697 g/mol. The van der Waals surface area contributed by atoms with Crippen molar-refractivity contribution >= 4 is 45.3 Å². The Hall–Kier alpha value is -4.26. The van der Waals surface area contributed by atoms with Gasteiger partial charge in [0.1, 0.15) is 6.54 Å². The van der Waals surface area contributed by atoms with Crippen LogP contribution in [0.5, 0.6) is 0 Å². The molecule has 1 fully saturated rings. The first-order valence-corrected chi connectivity index (χ1v) is 18.1. The standard InChI is InChI=1S/C38H39N3O6S2/c1-3-45-34(43)21-40-37(44)39-20-26-8-6-9-28(18-26)29-10-7-11-30(19-29)36-46-32(23-48-38-41-31-12-4-5-13-33(31)49-38)24(2)35(47-36)27-16-14-25(22-42)15-17-27/h4-19,24,32,35-36,42H,3,20-23H2,1-2H3,(H2,39,40,44)/t24-,32+,35+,36+/m0/s1. The van der Waals surface area contributed by atoms with Crippen LogP contribution < -0.4 is 10.6 Å². The van der Waals surface area contributed by atoms with Gasteiger partial charge in [0.2, 0.25) is 0 Å². The van der Waals surface area contributed by atoms with E-state index in [0.717, 1.165) is 43.2 Å². The number of nitrogens with one attached hydrogen (secondary N) is 2. The number of aromatic nitrogens is 1. The number of amides is 2. The minimum Gasteiger partial charge on any atom is -0.465 e. The van der Waals surface area contributed by atoms with Gasteiger partial charge in [-0.05, 0) is 59.0 Å². The van der Waals surface area contributed by atoms with Crippen molar-refractivity contribution in [2.24, 2.45) is 5.92 Å². The van der Waals surface area contributed by atoms with Gasteiger partial charge < -0.3 is 30.0 Å². The van der Waals surface area contributed by atoms with Crippen LogP contribution in [0.4, 0.5) is 4.79 Å². The van der Waals surface area contributed by atoms with Crippen LogP contribution in [0.3, 0.4) is 0 Å².